The highest BCUT2D eigenvalue weighted by atomic mass is 32.1. The highest BCUT2D eigenvalue weighted by Gasteiger charge is 2.48. The molecule has 10 aromatic rings. The van der Waals surface area contributed by atoms with E-state index in [1.54, 1.807) is 0 Å². The monoisotopic (exact) mass is 852 g/mol. The molecule has 3 aliphatic rings. The Kier molecular flexibility index (Phi) is 7.42. The molecule has 1 aliphatic carbocycles. The molecule has 0 fully saturated rings. The van der Waals surface area contributed by atoms with Crippen LogP contribution in [0.1, 0.15) is 104 Å². The van der Waals surface area contributed by atoms with Crippen molar-refractivity contribution < 1.29 is 0 Å². The van der Waals surface area contributed by atoms with Gasteiger partial charge >= 0.3 is 6.85 Å². The molecule has 0 radical (unpaired) electrons. The first-order valence-electron chi connectivity index (χ1n) is 23.0. The Morgan fingerprint density at radius 2 is 1.19 bits per heavy atom. The van der Waals surface area contributed by atoms with Crippen molar-refractivity contribution in [2.75, 3.05) is 4.81 Å². The van der Waals surface area contributed by atoms with Crippen LogP contribution in [0.3, 0.4) is 0 Å². The number of aromatic nitrogens is 1. The predicted octanol–water partition coefficient (Wildman–Crippen LogP) is 15.7. The van der Waals surface area contributed by atoms with Crippen LogP contribution in [0.4, 0.5) is 11.4 Å². The first kappa shape index (κ1) is 38.1. The molecular weight excluding hydrogens is 800 g/mol. The Bertz CT molecular complexity index is 3650. The van der Waals surface area contributed by atoms with Gasteiger partial charge in [-0.25, -0.2) is 0 Å². The molecule has 0 saturated carbocycles. The van der Waals surface area contributed by atoms with E-state index in [2.05, 4.69) is 194 Å². The molecule has 5 heteroatoms. The second-order valence-corrected chi connectivity index (χ2v) is 24.5. The molecule has 0 amide bonds. The highest BCUT2D eigenvalue weighted by molar-refractivity contribution is 7.27. The van der Waals surface area contributed by atoms with Crippen LogP contribution in [0.25, 0.3) is 79.0 Å². The quantitative estimate of drug-likeness (QED) is 0.149. The van der Waals surface area contributed by atoms with Crippen molar-refractivity contribution in [3.63, 3.8) is 0 Å². The molecule has 3 aromatic heterocycles. The van der Waals surface area contributed by atoms with Crippen molar-refractivity contribution in [3.8, 4) is 16.8 Å². The van der Waals surface area contributed by atoms with E-state index in [-0.39, 0.29) is 28.5 Å². The largest absolute Gasteiger partial charge is 0.376 e. The van der Waals surface area contributed by atoms with E-state index in [4.69, 9.17) is 0 Å². The molecule has 0 atom stereocenters. The van der Waals surface area contributed by atoms with E-state index in [1.165, 1.54) is 136 Å². The summed E-state index contributed by atoms with van der Waals surface area (Å²) in [5.41, 5.74) is 18.1. The fraction of sp³-hybridized carbons (Fsp3) is 0.276. The van der Waals surface area contributed by atoms with Crippen LogP contribution in [0.15, 0.2) is 115 Å². The molecule has 63 heavy (non-hydrogen) atoms. The first-order valence-corrected chi connectivity index (χ1v) is 24.6. The number of hydrogen-bond acceptors (Lipinski definition) is 3. The summed E-state index contributed by atoms with van der Waals surface area (Å²) in [7, 11) is 0. The Labute approximate surface area is 379 Å². The molecular formula is C58H53BN2S2. The van der Waals surface area contributed by atoms with Crippen LogP contribution in [-0.2, 0) is 21.7 Å². The van der Waals surface area contributed by atoms with Crippen LogP contribution in [0.5, 0.6) is 0 Å². The van der Waals surface area contributed by atoms with Gasteiger partial charge in [-0.15, -0.1) is 22.7 Å². The van der Waals surface area contributed by atoms with Crippen LogP contribution >= 0.6 is 22.7 Å². The predicted molar refractivity (Wildman–Crippen MR) is 278 cm³/mol. The fourth-order valence-electron chi connectivity index (χ4n) is 11.9. The number of benzene rings is 7. The molecule has 0 unspecified atom stereocenters. The third kappa shape index (κ3) is 5.07. The standard InChI is InChI=1S/C58H53BN2S2/c1-55(2,3)32-19-22-34(23-20-32)61-44-30-41-40(57(7,8)25-26-58(41,9)10)28-39(44)49-50-36-16-12-14-18-47(36)63-54(50)51-38-27-33(56(4,5)6)21-24-43(38)60-45-31-48-37(35-15-11-13-17-46(35)62-48)29-42(45)59(61)52(49)53(51)60/h11-24,27-31H,25-26H2,1-10H3. The molecule has 0 N–H and O–H groups in total. The Morgan fingerprint density at radius 3 is 1.89 bits per heavy atom. The number of hydrogen-bond donors (Lipinski definition) is 0. The van der Waals surface area contributed by atoms with Gasteiger partial charge in [-0.05, 0) is 128 Å². The molecule has 0 spiro atoms. The maximum atomic E-state index is 2.78. The SMILES string of the molecule is CC(C)(C)c1ccc(N2B3c4cc5c(cc4-n4c6ccc(C(C)(C)C)cc6c6c7sc8ccccc8c7c(c3c64)-c3cc4c(cc32)C(C)(C)CCC4(C)C)sc2ccccc25)cc1. The topological polar surface area (TPSA) is 8.17 Å². The maximum absolute atomic E-state index is 2.78. The van der Waals surface area contributed by atoms with Gasteiger partial charge in [0.15, 0.2) is 0 Å². The number of fused-ring (bicyclic) bond motifs is 17. The zero-order chi connectivity index (χ0) is 43.3. The summed E-state index contributed by atoms with van der Waals surface area (Å²) in [6, 6.07) is 45.8. The number of rotatable bonds is 1. The molecule has 310 valence electrons. The van der Waals surface area contributed by atoms with Gasteiger partial charge in [0.05, 0.1) is 11.0 Å². The van der Waals surface area contributed by atoms with Crippen LogP contribution in [0, 0.1) is 0 Å². The summed E-state index contributed by atoms with van der Waals surface area (Å²) >= 11 is 3.93. The molecule has 2 nitrogen and oxygen atoms in total. The smallest absolute Gasteiger partial charge is 0.333 e. The second-order valence-electron chi connectivity index (χ2n) is 22.4. The number of anilines is 2. The minimum absolute atomic E-state index is 0.00852. The number of thiophene rings is 2. The van der Waals surface area contributed by atoms with Crippen LogP contribution in [0.2, 0.25) is 0 Å². The molecule has 7 aromatic carbocycles. The van der Waals surface area contributed by atoms with Gasteiger partial charge in [-0.2, -0.15) is 0 Å². The molecule has 13 rings (SSSR count). The molecule has 0 saturated heterocycles. The maximum Gasteiger partial charge on any atom is 0.333 e. The van der Waals surface area contributed by atoms with Crippen molar-refractivity contribution >= 4 is 114 Å². The molecule has 5 heterocycles. The minimum Gasteiger partial charge on any atom is -0.376 e. The van der Waals surface area contributed by atoms with Gasteiger partial charge in [0.2, 0.25) is 0 Å². The molecule has 0 bridgehead atoms. The summed E-state index contributed by atoms with van der Waals surface area (Å²) in [6.07, 6.45) is 2.35. The third-order valence-electron chi connectivity index (χ3n) is 15.5. The minimum atomic E-state index is -0.0618. The lowest BCUT2D eigenvalue weighted by Gasteiger charge is -2.46. The second kappa shape index (κ2) is 12.3. The normalized spacial score (nSPS) is 16.5. The van der Waals surface area contributed by atoms with E-state index in [1.807, 2.05) is 22.7 Å². The lowest BCUT2D eigenvalue weighted by atomic mass is 9.43. The average molecular weight is 853 g/mol. The van der Waals surface area contributed by atoms with E-state index in [0.29, 0.717) is 0 Å². The van der Waals surface area contributed by atoms with Gasteiger partial charge in [0, 0.05) is 73.7 Å². The van der Waals surface area contributed by atoms with Crippen molar-refractivity contribution in [1.82, 2.24) is 4.57 Å². The van der Waals surface area contributed by atoms with Gasteiger partial charge in [0.1, 0.15) is 0 Å². The van der Waals surface area contributed by atoms with Crippen molar-refractivity contribution in [3.05, 3.63) is 138 Å². The van der Waals surface area contributed by atoms with Crippen molar-refractivity contribution in [2.45, 2.75) is 104 Å². The Morgan fingerprint density at radius 1 is 0.556 bits per heavy atom. The lowest BCUT2D eigenvalue weighted by molar-refractivity contribution is 0.332. The summed E-state index contributed by atoms with van der Waals surface area (Å²) < 4.78 is 8.16. The van der Waals surface area contributed by atoms with Crippen LogP contribution < -0.4 is 15.7 Å². The third-order valence-corrected chi connectivity index (χ3v) is 17.9. The summed E-state index contributed by atoms with van der Waals surface area (Å²) in [5.74, 6) is 0. The van der Waals surface area contributed by atoms with Crippen molar-refractivity contribution in [1.29, 1.82) is 0 Å². The first-order chi connectivity index (χ1) is 30.0. The van der Waals surface area contributed by atoms with E-state index < -0.39 is 0 Å². The summed E-state index contributed by atoms with van der Waals surface area (Å²) in [5, 5.41) is 8.26. The number of nitrogens with zero attached hydrogens (tertiary/aromatic N) is 2. The van der Waals surface area contributed by atoms with E-state index in [0.717, 1.165) is 0 Å². The average Bonchev–Trinajstić information content (AvgIpc) is 3.92. The summed E-state index contributed by atoms with van der Waals surface area (Å²) in [6.45, 7) is 23.9. The van der Waals surface area contributed by atoms with Gasteiger partial charge in [-0.1, -0.05) is 130 Å². The van der Waals surface area contributed by atoms with Crippen LogP contribution in [-0.4, -0.2) is 11.4 Å². The Balaban J connectivity index is 1.29. The van der Waals surface area contributed by atoms with Gasteiger partial charge in [-0.3, -0.25) is 0 Å². The fourth-order valence-corrected chi connectivity index (χ4v) is 14.3. The van der Waals surface area contributed by atoms with Gasteiger partial charge in [0.25, 0.3) is 0 Å². The van der Waals surface area contributed by atoms with E-state index >= 15 is 0 Å². The van der Waals surface area contributed by atoms with E-state index in [9.17, 15) is 0 Å². The van der Waals surface area contributed by atoms with Gasteiger partial charge < -0.3 is 9.38 Å². The van der Waals surface area contributed by atoms with Crippen molar-refractivity contribution in [2.24, 2.45) is 0 Å². The molecule has 2 aliphatic heterocycles. The highest BCUT2D eigenvalue weighted by Crippen LogP contribution is 2.56. The summed E-state index contributed by atoms with van der Waals surface area (Å²) in [4.78, 5) is 2.78. The zero-order valence-electron chi connectivity index (χ0n) is 38.2. The zero-order valence-corrected chi connectivity index (χ0v) is 39.8. The lowest BCUT2D eigenvalue weighted by Crippen LogP contribution is -2.60. The Hall–Kier alpha value is -5.36.